The zero-order chi connectivity index (χ0) is 28.5. The van der Waals surface area contributed by atoms with Crippen molar-refractivity contribution in [2.45, 2.75) is 25.9 Å². The number of hydrogen-bond donors (Lipinski definition) is 0. The quantitative estimate of drug-likeness (QED) is 0.166. The third-order valence-corrected chi connectivity index (χ3v) is 6.09. The minimum Gasteiger partial charge on any atom is -0.206 e. The van der Waals surface area contributed by atoms with Crippen LogP contribution in [0.15, 0.2) is 72.8 Å². The maximum absolute atomic E-state index is 14.9. The molecule has 0 saturated carbocycles. The van der Waals surface area contributed by atoms with Crippen LogP contribution in [0.25, 0.3) is 33.9 Å². The summed E-state index contributed by atoms with van der Waals surface area (Å²) in [7, 11) is 0. The monoisotopic (exact) mass is 550 g/mol. The molecule has 0 aliphatic carbocycles. The highest BCUT2D eigenvalue weighted by Gasteiger charge is 2.34. The maximum Gasteiger partial charge on any atom is 0.419 e. The molecule has 9 heteroatoms. The van der Waals surface area contributed by atoms with Gasteiger partial charge in [-0.15, -0.1) is 0 Å². The number of aryl methyl sites for hydroxylation is 1. The molecule has 4 rings (SSSR count). The van der Waals surface area contributed by atoms with Crippen molar-refractivity contribution in [1.82, 2.24) is 0 Å². The van der Waals surface area contributed by atoms with Crippen molar-refractivity contribution in [2.24, 2.45) is 0 Å². The first-order valence-corrected chi connectivity index (χ1v) is 11.7. The lowest BCUT2D eigenvalue weighted by atomic mass is 9.97. The lowest BCUT2D eigenvalue weighted by molar-refractivity contribution is -0.140. The molecule has 0 spiro atoms. The van der Waals surface area contributed by atoms with Crippen LogP contribution in [0.2, 0.25) is 0 Å². The van der Waals surface area contributed by atoms with Crippen molar-refractivity contribution in [3.05, 3.63) is 118 Å². The Kier molecular flexibility index (Phi) is 7.90. The molecular formula is C30H19F9. The highest BCUT2D eigenvalue weighted by molar-refractivity contribution is 5.84. The van der Waals surface area contributed by atoms with Crippen LogP contribution >= 0.6 is 0 Å². The van der Waals surface area contributed by atoms with Crippen molar-refractivity contribution in [1.29, 1.82) is 0 Å². The minimum absolute atomic E-state index is 0.0657. The minimum atomic E-state index is -5.08. The van der Waals surface area contributed by atoms with E-state index in [-0.39, 0.29) is 23.3 Å². The molecule has 0 radical (unpaired) electrons. The molecule has 0 aliphatic rings. The average molecular weight is 550 g/mol. The van der Waals surface area contributed by atoms with Crippen LogP contribution in [0.5, 0.6) is 0 Å². The molecule has 0 amide bonds. The Morgan fingerprint density at radius 1 is 0.615 bits per heavy atom. The second-order valence-electron chi connectivity index (χ2n) is 8.78. The summed E-state index contributed by atoms with van der Waals surface area (Å²) < 4.78 is 126. The van der Waals surface area contributed by atoms with Gasteiger partial charge in [-0.1, -0.05) is 55.8 Å². The van der Waals surface area contributed by atoms with E-state index in [1.807, 2.05) is 31.2 Å². The fourth-order valence-corrected chi connectivity index (χ4v) is 4.14. The van der Waals surface area contributed by atoms with Crippen LogP contribution in [-0.4, -0.2) is 0 Å². The Labute approximate surface area is 218 Å². The molecule has 0 N–H and O–H groups in total. The lowest BCUT2D eigenvalue weighted by Gasteiger charge is -2.11. The fraction of sp³-hybridized carbons (Fsp3) is 0.133. The van der Waals surface area contributed by atoms with Gasteiger partial charge in [0.25, 0.3) is 0 Å². The summed E-state index contributed by atoms with van der Waals surface area (Å²) in [5.74, 6) is -9.99. The van der Waals surface area contributed by atoms with E-state index in [9.17, 15) is 39.5 Å². The van der Waals surface area contributed by atoms with Crippen LogP contribution in [0, 0.1) is 23.3 Å². The smallest absolute Gasteiger partial charge is 0.206 e. The van der Waals surface area contributed by atoms with Crippen molar-refractivity contribution < 1.29 is 39.5 Å². The van der Waals surface area contributed by atoms with Crippen molar-refractivity contribution in [3.8, 4) is 22.3 Å². The number of benzene rings is 4. The highest BCUT2D eigenvalue weighted by atomic mass is 19.4. The van der Waals surface area contributed by atoms with E-state index in [1.54, 1.807) is 0 Å². The maximum atomic E-state index is 14.9. The Bertz CT molecular complexity index is 1530. The van der Waals surface area contributed by atoms with Gasteiger partial charge in [0.1, 0.15) is 23.3 Å². The van der Waals surface area contributed by atoms with Crippen LogP contribution in [0.3, 0.4) is 0 Å². The standard InChI is InChI=1S/C30H19F9/c1-2-3-16-4-6-17(7-5-16)18-8-10-21(23(31)12-18)20-14-25(33)27(26(34)15-20)29(36)28(35)19-9-11-22(24(32)13-19)30(37,38)39/h4-15H,2-3H2,1H3. The number of halogens is 9. The molecule has 0 bridgehead atoms. The van der Waals surface area contributed by atoms with Gasteiger partial charge >= 0.3 is 6.18 Å². The normalized spacial score (nSPS) is 12.5. The molecule has 4 aromatic rings. The van der Waals surface area contributed by atoms with Crippen LogP contribution in [-0.2, 0) is 12.6 Å². The molecule has 0 unspecified atom stereocenters. The van der Waals surface area contributed by atoms with E-state index >= 15 is 0 Å². The summed E-state index contributed by atoms with van der Waals surface area (Å²) >= 11 is 0. The summed E-state index contributed by atoms with van der Waals surface area (Å²) in [4.78, 5) is 0. The van der Waals surface area contributed by atoms with Crippen LogP contribution in [0.4, 0.5) is 39.5 Å². The van der Waals surface area contributed by atoms with Gasteiger partial charge in [-0.3, -0.25) is 0 Å². The van der Waals surface area contributed by atoms with E-state index < -0.39 is 57.8 Å². The fourth-order valence-electron chi connectivity index (χ4n) is 4.14. The summed E-state index contributed by atoms with van der Waals surface area (Å²) in [6.07, 6.45) is -3.22. The summed E-state index contributed by atoms with van der Waals surface area (Å²) in [5.41, 5.74) is -2.35. The lowest BCUT2D eigenvalue weighted by Crippen LogP contribution is -2.08. The Hall–Kier alpha value is -4.01. The molecule has 0 saturated heterocycles. The summed E-state index contributed by atoms with van der Waals surface area (Å²) in [5, 5.41) is 0. The Morgan fingerprint density at radius 2 is 1.21 bits per heavy atom. The number of hydrogen-bond acceptors (Lipinski definition) is 0. The second kappa shape index (κ2) is 11.0. The van der Waals surface area contributed by atoms with Gasteiger partial charge in [0.2, 0.25) is 0 Å². The Morgan fingerprint density at radius 3 is 1.74 bits per heavy atom. The van der Waals surface area contributed by atoms with E-state index in [0.29, 0.717) is 23.8 Å². The number of alkyl halides is 3. The van der Waals surface area contributed by atoms with E-state index in [1.165, 1.54) is 18.2 Å². The molecule has 0 atom stereocenters. The zero-order valence-electron chi connectivity index (χ0n) is 20.2. The van der Waals surface area contributed by atoms with Crippen LogP contribution < -0.4 is 0 Å². The van der Waals surface area contributed by atoms with E-state index in [0.717, 1.165) is 24.0 Å². The average Bonchev–Trinajstić information content (AvgIpc) is 2.87. The molecule has 0 nitrogen and oxygen atoms in total. The molecule has 0 heterocycles. The van der Waals surface area contributed by atoms with Crippen molar-refractivity contribution in [3.63, 3.8) is 0 Å². The van der Waals surface area contributed by atoms with Gasteiger partial charge in [-0.25, -0.2) is 26.3 Å². The van der Waals surface area contributed by atoms with Gasteiger partial charge in [0.15, 0.2) is 11.7 Å². The van der Waals surface area contributed by atoms with E-state index in [2.05, 4.69) is 0 Å². The molecule has 4 aromatic carbocycles. The Balaban J connectivity index is 1.67. The van der Waals surface area contributed by atoms with Crippen molar-refractivity contribution in [2.75, 3.05) is 0 Å². The third kappa shape index (κ3) is 5.87. The first-order valence-electron chi connectivity index (χ1n) is 11.7. The van der Waals surface area contributed by atoms with Gasteiger partial charge < -0.3 is 0 Å². The second-order valence-corrected chi connectivity index (χ2v) is 8.78. The molecule has 0 aliphatic heterocycles. The van der Waals surface area contributed by atoms with Crippen LogP contribution in [0.1, 0.15) is 35.6 Å². The SMILES string of the molecule is CCCc1ccc(-c2ccc(-c3cc(F)c(C(F)=C(F)c4ccc(C(F)(F)F)c(F)c4)c(F)c3)c(F)c2)cc1. The topological polar surface area (TPSA) is 0 Å². The first kappa shape index (κ1) is 28.0. The molecule has 0 fully saturated rings. The van der Waals surface area contributed by atoms with Gasteiger partial charge in [0.05, 0.1) is 11.1 Å². The number of rotatable bonds is 6. The third-order valence-electron chi connectivity index (χ3n) is 6.09. The highest BCUT2D eigenvalue weighted by Crippen LogP contribution is 2.38. The zero-order valence-corrected chi connectivity index (χ0v) is 20.2. The van der Waals surface area contributed by atoms with Crippen molar-refractivity contribution >= 4 is 11.7 Å². The molecule has 202 valence electrons. The molecule has 0 aromatic heterocycles. The molecular weight excluding hydrogens is 531 g/mol. The first-order chi connectivity index (χ1) is 18.4. The van der Waals surface area contributed by atoms with E-state index in [4.69, 9.17) is 0 Å². The predicted molar refractivity (Wildman–Crippen MR) is 132 cm³/mol. The van der Waals surface area contributed by atoms with Gasteiger partial charge in [-0.05, 0) is 59.0 Å². The van der Waals surface area contributed by atoms with Gasteiger partial charge in [0, 0.05) is 11.1 Å². The van der Waals surface area contributed by atoms with Gasteiger partial charge in [-0.2, -0.15) is 13.2 Å². The molecule has 39 heavy (non-hydrogen) atoms. The predicted octanol–water partition coefficient (Wildman–Crippen LogP) is 10.3. The summed E-state index contributed by atoms with van der Waals surface area (Å²) in [6, 6.07) is 13.3. The largest absolute Gasteiger partial charge is 0.419 e. The summed E-state index contributed by atoms with van der Waals surface area (Å²) in [6.45, 7) is 2.04.